The van der Waals surface area contributed by atoms with E-state index in [1.807, 2.05) is 19.2 Å². The Hall–Kier alpha value is -0.230. The van der Waals surface area contributed by atoms with Crippen molar-refractivity contribution in [2.75, 3.05) is 25.1 Å². The molecule has 0 saturated heterocycles. The van der Waals surface area contributed by atoms with Gasteiger partial charge in [0, 0.05) is 11.9 Å². The number of amides is 1. The Balaban J connectivity index is 2.28. The van der Waals surface area contributed by atoms with Gasteiger partial charge in [0.05, 0.1) is 16.6 Å². The summed E-state index contributed by atoms with van der Waals surface area (Å²) in [5, 5.41) is 0. The van der Waals surface area contributed by atoms with Crippen molar-refractivity contribution >= 4 is 40.6 Å². The van der Waals surface area contributed by atoms with Gasteiger partial charge in [-0.3, -0.25) is 4.79 Å². The first-order valence-electron chi connectivity index (χ1n) is 5.79. The molecular weight excluding hydrogens is 288 g/mol. The van der Waals surface area contributed by atoms with E-state index in [-0.39, 0.29) is 5.91 Å². The first-order valence-corrected chi connectivity index (χ1v) is 8.13. The molecule has 1 aromatic heterocycles. The molecule has 1 unspecified atom stereocenters. The molecule has 1 rings (SSSR count). The molecule has 2 N–H and O–H groups in total. The maximum Gasteiger partial charge on any atom is 0.232 e. The number of halogens is 1. The lowest BCUT2D eigenvalue weighted by atomic mass is 10.2. The van der Waals surface area contributed by atoms with Crippen molar-refractivity contribution in [1.82, 2.24) is 4.90 Å². The highest BCUT2D eigenvalue weighted by Crippen LogP contribution is 2.22. The molecule has 0 aliphatic carbocycles. The number of hydrogen-bond acceptors (Lipinski definition) is 4. The SMILES string of the molecule is CC(CN)CSCC(=O)N(C)Cc1ccc(Cl)s1. The highest BCUT2D eigenvalue weighted by molar-refractivity contribution is 7.99. The van der Waals surface area contributed by atoms with Crippen molar-refractivity contribution in [2.24, 2.45) is 11.7 Å². The summed E-state index contributed by atoms with van der Waals surface area (Å²) in [4.78, 5) is 14.7. The first kappa shape index (κ1) is 15.8. The van der Waals surface area contributed by atoms with E-state index >= 15 is 0 Å². The van der Waals surface area contributed by atoms with E-state index in [0.29, 0.717) is 24.8 Å². The molecule has 102 valence electrons. The summed E-state index contributed by atoms with van der Waals surface area (Å²) in [5.74, 6) is 2.05. The lowest BCUT2D eigenvalue weighted by molar-refractivity contribution is -0.127. The van der Waals surface area contributed by atoms with E-state index in [9.17, 15) is 4.79 Å². The minimum Gasteiger partial charge on any atom is -0.340 e. The summed E-state index contributed by atoms with van der Waals surface area (Å²) in [6.07, 6.45) is 0. The molecule has 1 heterocycles. The molecule has 1 atom stereocenters. The Morgan fingerprint density at radius 1 is 1.61 bits per heavy atom. The molecule has 0 aliphatic heterocycles. The second-order valence-corrected chi connectivity index (χ2v) is 7.14. The number of hydrogen-bond donors (Lipinski definition) is 1. The van der Waals surface area contributed by atoms with Crippen LogP contribution in [-0.2, 0) is 11.3 Å². The Morgan fingerprint density at radius 2 is 2.33 bits per heavy atom. The molecule has 1 aromatic rings. The number of rotatable bonds is 7. The van der Waals surface area contributed by atoms with Crippen molar-refractivity contribution in [3.8, 4) is 0 Å². The molecule has 0 saturated carbocycles. The summed E-state index contributed by atoms with van der Waals surface area (Å²) in [7, 11) is 1.82. The van der Waals surface area contributed by atoms with E-state index in [1.165, 1.54) is 11.3 Å². The number of nitrogens with two attached hydrogens (primary N) is 1. The van der Waals surface area contributed by atoms with Crippen LogP contribution in [0.4, 0.5) is 0 Å². The van der Waals surface area contributed by atoms with Gasteiger partial charge in [-0.1, -0.05) is 18.5 Å². The van der Waals surface area contributed by atoms with Crippen molar-refractivity contribution in [2.45, 2.75) is 13.5 Å². The smallest absolute Gasteiger partial charge is 0.232 e. The van der Waals surface area contributed by atoms with Gasteiger partial charge >= 0.3 is 0 Å². The highest BCUT2D eigenvalue weighted by Gasteiger charge is 2.11. The maximum atomic E-state index is 11.9. The van der Waals surface area contributed by atoms with Crippen molar-refractivity contribution in [1.29, 1.82) is 0 Å². The zero-order chi connectivity index (χ0) is 13.5. The summed E-state index contributed by atoms with van der Waals surface area (Å²) >= 11 is 9.02. The number of nitrogens with zero attached hydrogens (tertiary/aromatic N) is 1. The molecular formula is C12H19ClN2OS2. The number of thiophene rings is 1. The van der Waals surface area contributed by atoms with Gasteiger partial charge in [0.15, 0.2) is 0 Å². The van der Waals surface area contributed by atoms with Crippen LogP contribution in [0.5, 0.6) is 0 Å². The van der Waals surface area contributed by atoms with Crippen LogP contribution in [-0.4, -0.2) is 35.9 Å². The molecule has 1 amide bonds. The van der Waals surface area contributed by atoms with E-state index < -0.39 is 0 Å². The maximum absolute atomic E-state index is 11.9. The number of carbonyl (C=O) groups is 1. The summed E-state index contributed by atoms with van der Waals surface area (Å²) < 4.78 is 0.761. The zero-order valence-corrected chi connectivity index (χ0v) is 13.1. The Morgan fingerprint density at radius 3 is 2.89 bits per heavy atom. The van der Waals surface area contributed by atoms with Crippen LogP contribution < -0.4 is 5.73 Å². The monoisotopic (exact) mass is 306 g/mol. The summed E-state index contributed by atoms with van der Waals surface area (Å²) in [6, 6.07) is 3.82. The molecule has 0 aromatic carbocycles. The average Bonchev–Trinajstić information content (AvgIpc) is 2.74. The summed E-state index contributed by atoms with van der Waals surface area (Å²) in [6.45, 7) is 3.39. The van der Waals surface area contributed by atoms with Crippen LogP contribution in [0.1, 0.15) is 11.8 Å². The van der Waals surface area contributed by atoms with E-state index in [2.05, 4.69) is 6.92 Å². The molecule has 0 fully saturated rings. The van der Waals surface area contributed by atoms with Gasteiger partial charge in [-0.25, -0.2) is 0 Å². The van der Waals surface area contributed by atoms with Crippen LogP contribution in [0.15, 0.2) is 12.1 Å². The fourth-order valence-electron chi connectivity index (χ4n) is 1.28. The fourth-order valence-corrected chi connectivity index (χ4v) is 3.48. The second kappa shape index (κ2) is 8.04. The third-order valence-corrected chi connectivity index (χ3v) is 4.95. The fraction of sp³-hybridized carbons (Fsp3) is 0.583. The van der Waals surface area contributed by atoms with Gasteiger partial charge in [0.25, 0.3) is 0 Å². The Labute approximate surface area is 122 Å². The summed E-state index contributed by atoms with van der Waals surface area (Å²) in [5.41, 5.74) is 5.53. The average molecular weight is 307 g/mol. The minimum absolute atomic E-state index is 0.147. The van der Waals surface area contributed by atoms with Crippen LogP contribution in [0.2, 0.25) is 4.34 Å². The van der Waals surface area contributed by atoms with Crippen molar-refractivity contribution in [3.05, 3.63) is 21.3 Å². The van der Waals surface area contributed by atoms with E-state index in [1.54, 1.807) is 16.7 Å². The molecule has 18 heavy (non-hydrogen) atoms. The van der Waals surface area contributed by atoms with Crippen LogP contribution >= 0.6 is 34.7 Å². The Bertz CT molecular complexity index is 384. The molecule has 0 spiro atoms. The largest absolute Gasteiger partial charge is 0.340 e. The molecule has 0 bridgehead atoms. The highest BCUT2D eigenvalue weighted by atomic mass is 35.5. The van der Waals surface area contributed by atoms with Crippen LogP contribution in [0, 0.1) is 5.92 Å². The van der Waals surface area contributed by atoms with Crippen LogP contribution in [0.3, 0.4) is 0 Å². The van der Waals surface area contributed by atoms with Crippen LogP contribution in [0.25, 0.3) is 0 Å². The zero-order valence-electron chi connectivity index (χ0n) is 10.7. The first-order chi connectivity index (χ1) is 8.52. The van der Waals surface area contributed by atoms with Gasteiger partial charge in [0.1, 0.15) is 0 Å². The lowest BCUT2D eigenvalue weighted by Gasteiger charge is -2.16. The van der Waals surface area contributed by atoms with E-state index in [0.717, 1.165) is 15.0 Å². The van der Waals surface area contributed by atoms with Gasteiger partial charge in [-0.15, -0.1) is 11.3 Å². The predicted octanol–water partition coefficient (Wildman–Crippen LogP) is 2.69. The molecule has 3 nitrogen and oxygen atoms in total. The lowest BCUT2D eigenvalue weighted by Crippen LogP contribution is -2.28. The quantitative estimate of drug-likeness (QED) is 0.842. The molecule has 6 heteroatoms. The third-order valence-electron chi connectivity index (χ3n) is 2.48. The van der Waals surface area contributed by atoms with Gasteiger partial charge in [-0.05, 0) is 30.3 Å². The van der Waals surface area contributed by atoms with Crippen molar-refractivity contribution < 1.29 is 4.79 Å². The standard InChI is InChI=1S/C12H19ClN2OS2/c1-9(5-14)7-17-8-12(16)15(2)6-10-3-4-11(13)18-10/h3-4,9H,5-8,14H2,1-2H3. The normalized spacial score (nSPS) is 12.4. The number of carbonyl (C=O) groups excluding carboxylic acids is 1. The van der Waals surface area contributed by atoms with Crippen molar-refractivity contribution in [3.63, 3.8) is 0 Å². The minimum atomic E-state index is 0.147. The van der Waals surface area contributed by atoms with Gasteiger partial charge in [-0.2, -0.15) is 11.8 Å². The third kappa shape index (κ3) is 5.61. The van der Waals surface area contributed by atoms with E-state index in [4.69, 9.17) is 17.3 Å². The molecule has 0 aliphatic rings. The van der Waals surface area contributed by atoms with Gasteiger partial charge < -0.3 is 10.6 Å². The second-order valence-electron chi connectivity index (χ2n) is 4.31. The van der Waals surface area contributed by atoms with Gasteiger partial charge in [0.2, 0.25) is 5.91 Å². The number of thioether (sulfide) groups is 1. The Kier molecular flexibility index (Phi) is 7.07. The predicted molar refractivity (Wildman–Crippen MR) is 81.3 cm³/mol. The topological polar surface area (TPSA) is 46.3 Å². The molecule has 0 radical (unpaired) electrons.